The summed E-state index contributed by atoms with van der Waals surface area (Å²) in [5.41, 5.74) is 4.10. The predicted molar refractivity (Wildman–Crippen MR) is 113 cm³/mol. The van der Waals surface area contributed by atoms with E-state index in [1.165, 1.54) is 0 Å². The average molecular weight is 396 g/mol. The predicted octanol–water partition coefficient (Wildman–Crippen LogP) is 3.98. The fraction of sp³-hybridized carbons (Fsp3) is 0.409. The number of nitrogens with zero attached hydrogens (tertiary/aromatic N) is 2. The molecule has 0 spiro atoms. The van der Waals surface area contributed by atoms with Crippen LogP contribution in [-0.4, -0.2) is 47.6 Å². The smallest absolute Gasteiger partial charge is 0.409 e. The number of ether oxygens (including phenoxy) is 1. The molecule has 7 heteroatoms. The number of amides is 2. The van der Waals surface area contributed by atoms with Crippen LogP contribution in [0.2, 0.25) is 0 Å². The molecule has 0 saturated carbocycles. The molecule has 7 nitrogen and oxygen atoms in total. The number of anilines is 2. The first-order valence-electron chi connectivity index (χ1n) is 9.99. The van der Waals surface area contributed by atoms with Crippen molar-refractivity contribution in [1.82, 2.24) is 9.88 Å². The summed E-state index contributed by atoms with van der Waals surface area (Å²) in [6.45, 7) is 7.48. The van der Waals surface area contributed by atoms with Crippen LogP contribution in [0, 0.1) is 13.8 Å². The molecule has 1 aliphatic rings. The molecule has 3 rings (SSSR count). The van der Waals surface area contributed by atoms with Gasteiger partial charge in [0.05, 0.1) is 18.5 Å². The van der Waals surface area contributed by atoms with Gasteiger partial charge in [-0.15, -0.1) is 0 Å². The van der Waals surface area contributed by atoms with Gasteiger partial charge in [-0.1, -0.05) is 18.2 Å². The number of hydrogen-bond donors (Lipinski definition) is 2. The van der Waals surface area contributed by atoms with Crippen LogP contribution in [0.15, 0.2) is 36.5 Å². The third-order valence-corrected chi connectivity index (χ3v) is 5.11. The lowest BCUT2D eigenvalue weighted by Crippen LogP contribution is -2.42. The quantitative estimate of drug-likeness (QED) is 0.799. The molecule has 2 aromatic rings. The van der Waals surface area contributed by atoms with Crippen molar-refractivity contribution in [3.8, 4) is 0 Å². The highest BCUT2D eigenvalue weighted by molar-refractivity contribution is 6.03. The highest BCUT2D eigenvalue weighted by atomic mass is 16.6. The number of aromatic nitrogens is 1. The SMILES string of the molecule is CCOC(=O)N1CCC(Nc2ccc(C(=O)Nc3c(C)cccc3C)nc2)CC1. The summed E-state index contributed by atoms with van der Waals surface area (Å²) in [5.74, 6) is -0.225. The van der Waals surface area contributed by atoms with E-state index in [0.717, 1.165) is 35.3 Å². The molecule has 1 aromatic carbocycles. The monoisotopic (exact) mass is 396 g/mol. The molecular formula is C22H28N4O3. The van der Waals surface area contributed by atoms with Crippen LogP contribution in [0.1, 0.15) is 41.4 Å². The molecule has 1 aliphatic heterocycles. The maximum Gasteiger partial charge on any atom is 0.409 e. The maximum atomic E-state index is 12.5. The third-order valence-electron chi connectivity index (χ3n) is 5.11. The Balaban J connectivity index is 1.54. The van der Waals surface area contributed by atoms with Crippen LogP contribution in [0.25, 0.3) is 0 Å². The van der Waals surface area contributed by atoms with E-state index in [1.54, 1.807) is 17.2 Å². The van der Waals surface area contributed by atoms with Gasteiger partial charge in [0.2, 0.25) is 0 Å². The number of carbonyl (C=O) groups is 2. The van der Waals surface area contributed by atoms with Crippen molar-refractivity contribution in [1.29, 1.82) is 0 Å². The second kappa shape index (κ2) is 9.41. The van der Waals surface area contributed by atoms with Crippen LogP contribution >= 0.6 is 0 Å². The number of aryl methyl sites for hydroxylation is 2. The highest BCUT2D eigenvalue weighted by Gasteiger charge is 2.23. The Morgan fingerprint density at radius 3 is 2.41 bits per heavy atom. The first-order valence-corrected chi connectivity index (χ1v) is 9.99. The first-order chi connectivity index (χ1) is 14.0. The molecule has 0 unspecified atom stereocenters. The largest absolute Gasteiger partial charge is 0.450 e. The van der Waals surface area contributed by atoms with Gasteiger partial charge in [0.15, 0.2) is 0 Å². The van der Waals surface area contributed by atoms with Crippen LogP contribution < -0.4 is 10.6 Å². The number of rotatable bonds is 5. The Hall–Kier alpha value is -3.09. The molecule has 2 amide bonds. The van der Waals surface area contributed by atoms with E-state index < -0.39 is 0 Å². The van der Waals surface area contributed by atoms with Gasteiger partial charge in [0, 0.05) is 24.8 Å². The van der Waals surface area contributed by atoms with E-state index in [9.17, 15) is 9.59 Å². The van der Waals surface area contributed by atoms with Crippen molar-refractivity contribution in [2.75, 3.05) is 30.3 Å². The molecule has 2 heterocycles. The number of para-hydroxylation sites is 1. The maximum absolute atomic E-state index is 12.5. The number of likely N-dealkylation sites (tertiary alicyclic amines) is 1. The van der Waals surface area contributed by atoms with Gasteiger partial charge in [-0.05, 0) is 56.9 Å². The number of benzene rings is 1. The van der Waals surface area contributed by atoms with Gasteiger partial charge in [-0.3, -0.25) is 4.79 Å². The zero-order valence-corrected chi connectivity index (χ0v) is 17.2. The Morgan fingerprint density at radius 1 is 1.14 bits per heavy atom. The molecule has 1 fully saturated rings. The van der Waals surface area contributed by atoms with E-state index in [-0.39, 0.29) is 18.0 Å². The average Bonchev–Trinajstić information content (AvgIpc) is 2.72. The molecule has 0 bridgehead atoms. The van der Waals surface area contributed by atoms with Gasteiger partial charge in [-0.25, -0.2) is 9.78 Å². The van der Waals surface area contributed by atoms with Crippen molar-refractivity contribution in [3.05, 3.63) is 53.3 Å². The molecule has 0 atom stereocenters. The molecule has 1 saturated heterocycles. The fourth-order valence-corrected chi connectivity index (χ4v) is 3.46. The number of carbonyl (C=O) groups excluding carboxylic acids is 2. The van der Waals surface area contributed by atoms with E-state index in [0.29, 0.717) is 25.4 Å². The summed E-state index contributed by atoms with van der Waals surface area (Å²) in [6.07, 6.45) is 3.12. The molecule has 2 N–H and O–H groups in total. The fourth-order valence-electron chi connectivity index (χ4n) is 3.46. The zero-order chi connectivity index (χ0) is 20.8. The molecule has 0 radical (unpaired) electrons. The normalized spacial score (nSPS) is 14.4. The van der Waals surface area contributed by atoms with Crippen LogP contribution in [0.4, 0.5) is 16.2 Å². The van der Waals surface area contributed by atoms with E-state index >= 15 is 0 Å². The number of hydrogen-bond acceptors (Lipinski definition) is 5. The van der Waals surface area contributed by atoms with Crippen LogP contribution in [0.3, 0.4) is 0 Å². The van der Waals surface area contributed by atoms with Gasteiger partial charge in [0.1, 0.15) is 5.69 Å². The van der Waals surface area contributed by atoms with Crippen molar-refractivity contribution in [3.63, 3.8) is 0 Å². The van der Waals surface area contributed by atoms with Gasteiger partial charge < -0.3 is 20.3 Å². The Morgan fingerprint density at radius 2 is 1.83 bits per heavy atom. The zero-order valence-electron chi connectivity index (χ0n) is 17.2. The highest BCUT2D eigenvalue weighted by Crippen LogP contribution is 2.21. The Labute approximate surface area is 171 Å². The molecular weight excluding hydrogens is 368 g/mol. The second-order valence-corrected chi connectivity index (χ2v) is 7.26. The summed E-state index contributed by atoms with van der Waals surface area (Å²) in [7, 11) is 0. The molecule has 0 aliphatic carbocycles. The summed E-state index contributed by atoms with van der Waals surface area (Å²) < 4.78 is 5.05. The van der Waals surface area contributed by atoms with Crippen molar-refractivity contribution in [2.24, 2.45) is 0 Å². The lowest BCUT2D eigenvalue weighted by atomic mass is 10.1. The molecule has 154 valence electrons. The minimum absolute atomic E-state index is 0.225. The Bertz CT molecular complexity index is 839. The molecule has 29 heavy (non-hydrogen) atoms. The van der Waals surface area contributed by atoms with Gasteiger partial charge in [0.25, 0.3) is 5.91 Å². The van der Waals surface area contributed by atoms with Crippen LogP contribution in [-0.2, 0) is 4.74 Å². The third kappa shape index (κ3) is 5.25. The van der Waals surface area contributed by atoms with Crippen molar-refractivity contribution in [2.45, 2.75) is 39.7 Å². The standard InChI is InChI=1S/C22H28N4O3/c1-4-29-22(28)26-12-10-17(11-13-26)24-18-8-9-19(23-14-18)21(27)25-20-15(2)6-5-7-16(20)3/h5-9,14,17,24H,4,10-13H2,1-3H3,(H,25,27). The van der Waals surface area contributed by atoms with Crippen LogP contribution in [0.5, 0.6) is 0 Å². The van der Waals surface area contributed by atoms with Gasteiger partial charge >= 0.3 is 6.09 Å². The Kier molecular flexibility index (Phi) is 6.69. The summed E-state index contributed by atoms with van der Waals surface area (Å²) in [6, 6.07) is 9.75. The lowest BCUT2D eigenvalue weighted by molar-refractivity contribution is 0.0982. The van der Waals surface area contributed by atoms with E-state index in [2.05, 4.69) is 15.6 Å². The van der Waals surface area contributed by atoms with Gasteiger partial charge in [-0.2, -0.15) is 0 Å². The number of piperidine rings is 1. The van der Waals surface area contributed by atoms with Crippen molar-refractivity contribution < 1.29 is 14.3 Å². The van der Waals surface area contributed by atoms with Crippen molar-refractivity contribution >= 4 is 23.4 Å². The second-order valence-electron chi connectivity index (χ2n) is 7.26. The van der Waals surface area contributed by atoms with E-state index in [1.807, 2.05) is 45.0 Å². The molecule has 1 aromatic heterocycles. The summed E-state index contributed by atoms with van der Waals surface area (Å²) in [5, 5.41) is 6.38. The minimum Gasteiger partial charge on any atom is -0.450 e. The summed E-state index contributed by atoms with van der Waals surface area (Å²) in [4.78, 5) is 30.3. The van der Waals surface area contributed by atoms with E-state index in [4.69, 9.17) is 4.74 Å². The number of nitrogens with one attached hydrogen (secondary N) is 2. The lowest BCUT2D eigenvalue weighted by Gasteiger charge is -2.32. The minimum atomic E-state index is -0.244. The summed E-state index contributed by atoms with van der Waals surface area (Å²) >= 11 is 0. The first kappa shape index (κ1) is 20.6. The number of pyridine rings is 1. The topological polar surface area (TPSA) is 83.6 Å².